The highest BCUT2D eigenvalue weighted by Gasteiger charge is 2.22. The smallest absolute Gasteiger partial charge is 0.225 e. The number of benzene rings is 1. The van der Waals surface area contributed by atoms with Gasteiger partial charge in [-0.1, -0.05) is 0 Å². The van der Waals surface area contributed by atoms with Gasteiger partial charge in [0.2, 0.25) is 11.9 Å². The molecule has 2 heterocycles. The SMILES string of the molecule is COc1cc(C(C)=O)ccc1OCCCC(=O)N1CCN(c2ncccn2)CC1. The molecule has 1 aliphatic rings. The Morgan fingerprint density at radius 3 is 2.45 bits per heavy atom. The van der Waals surface area contributed by atoms with Crippen LogP contribution in [0.15, 0.2) is 36.7 Å². The highest BCUT2D eigenvalue weighted by Crippen LogP contribution is 2.28. The molecule has 8 nitrogen and oxygen atoms in total. The molecule has 0 unspecified atom stereocenters. The number of piperazine rings is 1. The van der Waals surface area contributed by atoms with Gasteiger partial charge in [0, 0.05) is 50.6 Å². The summed E-state index contributed by atoms with van der Waals surface area (Å²) in [6.45, 7) is 4.70. The number of ketones is 1. The summed E-state index contributed by atoms with van der Waals surface area (Å²) in [4.78, 5) is 36.4. The molecule has 8 heteroatoms. The van der Waals surface area contributed by atoms with Crippen LogP contribution in [0, 0.1) is 0 Å². The lowest BCUT2D eigenvalue weighted by atomic mass is 10.1. The molecule has 0 saturated carbocycles. The van der Waals surface area contributed by atoms with Crippen LogP contribution in [0.1, 0.15) is 30.1 Å². The molecule has 0 radical (unpaired) electrons. The number of Topliss-reactive ketones (excluding diaryl/α,β-unsaturated/α-hetero) is 1. The number of amides is 1. The summed E-state index contributed by atoms with van der Waals surface area (Å²) in [7, 11) is 1.54. The molecular weight excluding hydrogens is 372 g/mol. The summed E-state index contributed by atoms with van der Waals surface area (Å²) >= 11 is 0. The zero-order chi connectivity index (χ0) is 20.6. The van der Waals surface area contributed by atoms with Gasteiger partial charge in [-0.3, -0.25) is 9.59 Å². The number of ether oxygens (including phenoxy) is 2. The Labute approximate surface area is 170 Å². The number of carbonyl (C=O) groups is 2. The van der Waals surface area contributed by atoms with Crippen LogP contribution in [-0.4, -0.2) is 66.5 Å². The molecule has 0 N–H and O–H groups in total. The Hall–Kier alpha value is -3.16. The first-order valence-electron chi connectivity index (χ1n) is 9.70. The van der Waals surface area contributed by atoms with Crippen LogP contribution >= 0.6 is 0 Å². The zero-order valence-corrected chi connectivity index (χ0v) is 16.8. The third kappa shape index (κ3) is 5.43. The second-order valence-electron chi connectivity index (χ2n) is 6.79. The van der Waals surface area contributed by atoms with E-state index in [1.807, 2.05) is 4.90 Å². The lowest BCUT2D eigenvalue weighted by Gasteiger charge is -2.34. The number of aromatic nitrogens is 2. The van der Waals surface area contributed by atoms with E-state index in [0.717, 1.165) is 13.1 Å². The molecule has 1 saturated heterocycles. The van der Waals surface area contributed by atoms with E-state index in [1.165, 1.54) is 14.0 Å². The molecule has 29 heavy (non-hydrogen) atoms. The molecule has 1 aliphatic heterocycles. The molecule has 0 spiro atoms. The average Bonchev–Trinajstić information content (AvgIpc) is 2.77. The predicted octanol–water partition coefficient (Wildman–Crippen LogP) is 2.20. The van der Waals surface area contributed by atoms with Gasteiger partial charge in [-0.25, -0.2) is 9.97 Å². The van der Waals surface area contributed by atoms with Crippen molar-refractivity contribution < 1.29 is 19.1 Å². The van der Waals surface area contributed by atoms with Crippen LogP contribution in [0.4, 0.5) is 5.95 Å². The van der Waals surface area contributed by atoms with Crippen LogP contribution in [0.5, 0.6) is 11.5 Å². The van der Waals surface area contributed by atoms with E-state index in [-0.39, 0.29) is 11.7 Å². The fourth-order valence-corrected chi connectivity index (χ4v) is 3.18. The average molecular weight is 398 g/mol. The number of methoxy groups -OCH3 is 1. The van der Waals surface area contributed by atoms with Crippen molar-refractivity contribution in [2.24, 2.45) is 0 Å². The lowest BCUT2D eigenvalue weighted by molar-refractivity contribution is -0.131. The Balaban J connectivity index is 1.41. The number of anilines is 1. The monoisotopic (exact) mass is 398 g/mol. The van der Waals surface area contributed by atoms with Crippen LogP contribution in [0.2, 0.25) is 0 Å². The minimum atomic E-state index is -0.0284. The van der Waals surface area contributed by atoms with Gasteiger partial charge in [-0.05, 0) is 37.6 Å². The number of carbonyl (C=O) groups excluding carboxylic acids is 2. The number of nitrogens with zero attached hydrogens (tertiary/aromatic N) is 4. The van der Waals surface area contributed by atoms with Crippen molar-refractivity contribution >= 4 is 17.6 Å². The van der Waals surface area contributed by atoms with Crippen molar-refractivity contribution in [3.8, 4) is 11.5 Å². The van der Waals surface area contributed by atoms with E-state index < -0.39 is 0 Å². The van der Waals surface area contributed by atoms with Gasteiger partial charge in [0.1, 0.15) is 0 Å². The third-order valence-corrected chi connectivity index (χ3v) is 4.83. The van der Waals surface area contributed by atoms with E-state index >= 15 is 0 Å². The summed E-state index contributed by atoms with van der Waals surface area (Å²) in [5, 5.41) is 0. The van der Waals surface area contributed by atoms with Crippen molar-refractivity contribution in [2.45, 2.75) is 19.8 Å². The summed E-state index contributed by atoms with van der Waals surface area (Å²) in [5.74, 6) is 1.89. The Kier molecular flexibility index (Phi) is 6.99. The summed E-state index contributed by atoms with van der Waals surface area (Å²) in [6, 6.07) is 6.89. The first-order valence-corrected chi connectivity index (χ1v) is 9.70. The van der Waals surface area contributed by atoms with Gasteiger partial charge >= 0.3 is 0 Å². The fraction of sp³-hybridized carbons (Fsp3) is 0.429. The predicted molar refractivity (Wildman–Crippen MR) is 109 cm³/mol. The third-order valence-electron chi connectivity index (χ3n) is 4.83. The highest BCUT2D eigenvalue weighted by molar-refractivity contribution is 5.94. The Morgan fingerprint density at radius 2 is 1.79 bits per heavy atom. The van der Waals surface area contributed by atoms with Gasteiger partial charge in [-0.15, -0.1) is 0 Å². The second-order valence-corrected chi connectivity index (χ2v) is 6.79. The molecule has 0 bridgehead atoms. The first kappa shape index (κ1) is 20.6. The zero-order valence-electron chi connectivity index (χ0n) is 16.8. The van der Waals surface area contributed by atoms with E-state index in [9.17, 15) is 9.59 Å². The van der Waals surface area contributed by atoms with Crippen LogP contribution in [-0.2, 0) is 4.79 Å². The standard InChI is InChI=1S/C21H26N4O4/c1-16(26)17-6-7-18(19(15-17)28-2)29-14-3-5-20(27)24-10-12-25(13-11-24)21-22-8-4-9-23-21/h4,6-9,15H,3,5,10-14H2,1-2H3. The highest BCUT2D eigenvalue weighted by atomic mass is 16.5. The lowest BCUT2D eigenvalue weighted by Crippen LogP contribution is -2.49. The maximum atomic E-state index is 12.5. The molecular formula is C21H26N4O4. The number of hydrogen-bond acceptors (Lipinski definition) is 7. The first-order chi connectivity index (χ1) is 14.1. The second kappa shape index (κ2) is 9.86. The Morgan fingerprint density at radius 1 is 1.07 bits per heavy atom. The van der Waals surface area contributed by atoms with Crippen molar-refractivity contribution in [3.63, 3.8) is 0 Å². The molecule has 1 aromatic carbocycles. The van der Waals surface area contributed by atoms with Gasteiger partial charge < -0.3 is 19.3 Å². The quantitative estimate of drug-likeness (QED) is 0.498. The molecule has 1 amide bonds. The maximum Gasteiger partial charge on any atom is 0.225 e. The normalized spacial score (nSPS) is 13.9. The van der Waals surface area contributed by atoms with Gasteiger partial charge in [0.15, 0.2) is 17.3 Å². The summed E-state index contributed by atoms with van der Waals surface area (Å²) < 4.78 is 11.0. The maximum absolute atomic E-state index is 12.5. The van der Waals surface area contributed by atoms with E-state index in [0.29, 0.717) is 55.5 Å². The van der Waals surface area contributed by atoms with E-state index in [4.69, 9.17) is 9.47 Å². The van der Waals surface area contributed by atoms with E-state index in [1.54, 1.807) is 36.7 Å². The van der Waals surface area contributed by atoms with Crippen LogP contribution in [0.25, 0.3) is 0 Å². The van der Waals surface area contributed by atoms with Gasteiger partial charge in [0.25, 0.3) is 0 Å². The summed E-state index contributed by atoms with van der Waals surface area (Å²) in [5.41, 5.74) is 0.574. The molecule has 1 aromatic heterocycles. The van der Waals surface area contributed by atoms with Gasteiger partial charge in [-0.2, -0.15) is 0 Å². The molecule has 1 fully saturated rings. The topological polar surface area (TPSA) is 84.9 Å². The fourth-order valence-electron chi connectivity index (χ4n) is 3.18. The Bertz CT molecular complexity index is 836. The van der Waals surface area contributed by atoms with Crippen LogP contribution in [0.3, 0.4) is 0 Å². The molecule has 154 valence electrons. The minimum Gasteiger partial charge on any atom is -0.493 e. The van der Waals surface area contributed by atoms with E-state index in [2.05, 4.69) is 14.9 Å². The van der Waals surface area contributed by atoms with Gasteiger partial charge in [0.05, 0.1) is 13.7 Å². The van der Waals surface area contributed by atoms with Crippen LogP contribution < -0.4 is 14.4 Å². The van der Waals surface area contributed by atoms with Crippen molar-refractivity contribution in [1.29, 1.82) is 0 Å². The number of rotatable bonds is 8. The van der Waals surface area contributed by atoms with Crippen molar-refractivity contribution in [2.75, 3.05) is 44.8 Å². The minimum absolute atomic E-state index is 0.0284. The largest absolute Gasteiger partial charge is 0.493 e. The summed E-state index contributed by atoms with van der Waals surface area (Å²) in [6.07, 6.45) is 4.49. The molecule has 0 aliphatic carbocycles. The molecule has 2 aromatic rings. The molecule has 0 atom stereocenters. The number of hydrogen-bond donors (Lipinski definition) is 0. The molecule has 3 rings (SSSR count). The van der Waals surface area contributed by atoms with Crippen molar-refractivity contribution in [3.05, 3.63) is 42.2 Å². The van der Waals surface area contributed by atoms with Crippen molar-refractivity contribution in [1.82, 2.24) is 14.9 Å².